The first-order valence-electron chi connectivity index (χ1n) is 7.82. The molecule has 9 heteroatoms. The molecule has 0 spiro atoms. The Kier molecular flexibility index (Phi) is 6.64. The minimum Gasteiger partial charge on any atom is -0.465 e. The van der Waals surface area contributed by atoms with Crippen LogP contribution in [0.3, 0.4) is 0 Å². The Bertz CT molecular complexity index is 805. The fraction of sp³-hybridized carbons (Fsp3) is 0.222. The molecule has 0 radical (unpaired) electrons. The van der Waals surface area contributed by atoms with Crippen molar-refractivity contribution in [2.24, 2.45) is 10.7 Å². The van der Waals surface area contributed by atoms with Crippen LogP contribution in [0.2, 0.25) is 0 Å². The summed E-state index contributed by atoms with van der Waals surface area (Å²) >= 11 is 0. The third-order valence-electron chi connectivity index (χ3n) is 3.41. The summed E-state index contributed by atoms with van der Waals surface area (Å²) in [7, 11) is 1.30. The van der Waals surface area contributed by atoms with Gasteiger partial charge in [0.15, 0.2) is 5.96 Å². The van der Waals surface area contributed by atoms with Gasteiger partial charge in [-0.1, -0.05) is 24.3 Å². The molecule has 0 unspecified atom stereocenters. The molecule has 0 bridgehead atoms. The van der Waals surface area contributed by atoms with Gasteiger partial charge in [0.05, 0.1) is 19.2 Å². The average molecular weight is 381 g/mol. The van der Waals surface area contributed by atoms with E-state index in [0.29, 0.717) is 11.1 Å². The van der Waals surface area contributed by atoms with E-state index in [4.69, 9.17) is 5.73 Å². The van der Waals surface area contributed by atoms with Gasteiger partial charge < -0.3 is 20.5 Å². The second kappa shape index (κ2) is 8.93. The Balaban J connectivity index is 1.88. The van der Waals surface area contributed by atoms with Gasteiger partial charge >= 0.3 is 12.3 Å². The third-order valence-corrected chi connectivity index (χ3v) is 3.41. The first kappa shape index (κ1) is 20.1. The lowest BCUT2D eigenvalue weighted by Crippen LogP contribution is -2.31. The number of ether oxygens (including phenoxy) is 2. The maximum atomic E-state index is 12.1. The van der Waals surface area contributed by atoms with Crippen molar-refractivity contribution in [3.8, 4) is 5.75 Å². The average Bonchev–Trinajstić information content (AvgIpc) is 2.64. The van der Waals surface area contributed by atoms with Crippen LogP contribution in [-0.2, 0) is 17.8 Å². The lowest BCUT2D eigenvalue weighted by molar-refractivity contribution is -0.274. The number of rotatable bonds is 6. The van der Waals surface area contributed by atoms with Crippen LogP contribution < -0.4 is 15.8 Å². The number of nitrogens with two attached hydrogens (primary N) is 1. The summed E-state index contributed by atoms with van der Waals surface area (Å²) < 4.78 is 44.8. The summed E-state index contributed by atoms with van der Waals surface area (Å²) in [4.78, 5) is 15.7. The van der Waals surface area contributed by atoms with E-state index in [2.05, 4.69) is 19.8 Å². The van der Waals surface area contributed by atoms with Crippen LogP contribution in [-0.4, -0.2) is 25.4 Å². The van der Waals surface area contributed by atoms with Gasteiger partial charge in [0.25, 0.3) is 0 Å². The molecule has 0 aliphatic heterocycles. The molecule has 0 fully saturated rings. The van der Waals surface area contributed by atoms with Crippen molar-refractivity contribution in [1.82, 2.24) is 5.32 Å². The van der Waals surface area contributed by atoms with E-state index in [0.717, 1.165) is 5.56 Å². The number of methoxy groups -OCH3 is 1. The van der Waals surface area contributed by atoms with Crippen LogP contribution in [0.1, 0.15) is 21.5 Å². The van der Waals surface area contributed by atoms with Gasteiger partial charge in [-0.05, 0) is 35.4 Å². The quantitative estimate of drug-likeness (QED) is 0.456. The van der Waals surface area contributed by atoms with E-state index in [1.165, 1.54) is 31.4 Å². The molecule has 27 heavy (non-hydrogen) atoms. The summed E-state index contributed by atoms with van der Waals surface area (Å²) in [5, 5.41) is 2.86. The fourth-order valence-electron chi connectivity index (χ4n) is 2.15. The number of hydrogen-bond donors (Lipinski definition) is 2. The van der Waals surface area contributed by atoms with Crippen molar-refractivity contribution in [3.05, 3.63) is 65.2 Å². The minimum absolute atomic E-state index is 0.161. The molecule has 0 aromatic heterocycles. The van der Waals surface area contributed by atoms with Gasteiger partial charge in [-0.2, -0.15) is 0 Å². The molecular formula is C18H18F3N3O3. The molecule has 0 aliphatic rings. The van der Waals surface area contributed by atoms with Crippen LogP contribution in [0.5, 0.6) is 5.75 Å². The van der Waals surface area contributed by atoms with E-state index in [1.807, 2.05) is 0 Å². The molecule has 3 N–H and O–H groups in total. The molecule has 144 valence electrons. The highest BCUT2D eigenvalue weighted by molar-refractivity contribution is 5.89. The molecule has 6 nitrogen and oxygen atoms in total. The number of hydrogen-bond acceptors (Lipinski definition) is 4. The van der Waals surface area contributed by atoms with Crippen molar-refractivity contribution >= 4 is 11.9 Å². The van der Waals surface area contributed by atoms with Crippen molar-refractivity contribution in [1.29, 1.82) is 0 Å². The van der Waals surface area contributed by atoms with E-state index in [1.54, 1.807) is 24.3 Å². The zero-order chi connectivity index (χ0) is 19.9. The van der Waals surface area contributed by atoms with E-state index < -0.39 is 12.3 Å². The van der Waals surface area contributed by atoms with Crippen molar-refractivity contribution < 1.29 is 27.4 Å². The molecule has 2 rings (SSSR count). The third kappa shape index (κ3) is 6.89. The SMILES string of the molecule is COC(=O)c1cccc(CN=C(N)NCc2ccc(OC(F)(F)F)cc2)c1. The second-order valence-corrected chi connectivity index (χ2v) is 5.44. The lowest BCUT2D eigenvalue weighted by atomic mass is 10.1. The number of halogens is 3. The number of nitrogens with zero attached hydrogens (tertiary/aromatic N) is 1. The van der Waals surface area contributed by atoms with Crippen LogP contribution >= 0.6 is 0 Å². The number of esters is 1. The first-order valence-corrected chi connectivity index (χ1v) is 7.82. The largest absolute Gasteiger partial charge is 0.573 e. The van der Waals surface area contributed by atoms with Gasteiger partial charge in [-0.15, -0.1) is 13.2 Å². The Hall–Kier alpha value is -3.23. The highest BCUT2D eigenvalue weighted by Crippen LogP contribution is 2.22. The standard InChI is InChI=1S/C18H18F3N3O3/c1-26-16(25)14-4-2-3-13(9-14)11-24-17(22)23-10-12-5-7-15(8-6-12)27-18(19,20)21/h2-9H,10-11H2,1H3,(H3,22,23,24). The Morgan fingerprint density at radius 2 is 1.85 bits per heavy atom. The molecule has 0 amide bonds. The van der Waals surface area contributed by atoms with E-state index in [-0.39, 0.29) is 24.8 Å². The number of benzene rings is 2. The summed E-state index contributed by atoms with van der Waals surface area (Å²) in [6.45, 7) is 0.534. The molecule has 0 saturated heterocycles. The number of carbonyl (C=O) groups excluding carboxylic acids is 1. The molecule has 0 atom stereocenters. The number of alkyl halides is 3. The van der Waals surface area contributed by atoms with Crippen LogP contribution in [0.15, 0.2) is 53.5 Å². The number of aliphatic imine (C=N–C) groups is 1. The zero-order valence-electron chi connectivity index (χ0n) is 14.4. The number of carbonyl (C=O) groups is 1. The maximum Gasteiger partial charge on any atom is 0.573 e. The lowest BCUT2D eigenvalue weighted by Gasteiger charge is -2.10. The highest BCUT2D eigenvalue weighted by Gasteiger charge is 2.30. The van der Waals surface area contributed by atoms with Gasteiger partial charge in [0.2, 0.25) is 0 Å². The molecular weight excluding hydrogens is 363 g/mol. The van der Waals surface area contributed by atoms with Crippen molar-refractivity contribution in [2.75, 3.05) is 7.11 Å². The molecule has 0 saturated carbocycles. The topological polar surface area (TPSA) is 85.9 Å². The van der Waals surface area contributed by atoms with E-state index in [9.17, 15) is 18.0 Å². The molecule has 2 aromatic carbocycles. The Morgan fingerprint density at radius 3 is 2.48 bits per heavy atom. The summed E-state index contributed by atoms with van der Waals surface area (Å²) in [6, 6.07) is 12.2. The van der Waals surface area contributed by atoms with Crippen molar-refractivity contribution in [2.45, 2.75) is 19.5 Å². The fourth-order valence-corrected chi connectivity index (χ4v) is 2.15. The normalized spacial score (nSPS) is 11.8. The molecule has 0 aliphatic carbocycles. The number of guanidine groups is 1. The Labute approximate surface area is 153 Å². The predicted octanol–water partition coefficient (Wildman–Crippen LogP) is 2.98. The zero-order valence-corrected chi connectivity index (χ0v) is 14.4. The van der Waals surface area contributed by atoms with Crippen LogP contribution in [0.25, 0.3) is 0 Å². The summed E-state index contributed by atoms with van der Waals surface area (Å²) in [5.74, 6) is -0.572. The molecule has 2 aromatic rings. The summed E-state index contributed by atoms with van der Waals surface area (Å²) in [5.41, 5.74) is 7.67. The van der Waals surface area contributed by atoms with Crippen LogP contribution in [0, 0.1) is 0 Å². The van der Waals surface area contributed by atoms with E-state index >= 15 is 0 Å². The summed E-state index contributed by atoms with van der Waals surface area (Å²) in [6.07, 6.45) is -4.72. The number of nitrogens with one attached hydrogen (secondary N) is 1. The van der Waals surface area contributed by atoms with Gasteiger partial charge in [-0.3, -0.25) is 0 Å². The first-order chi connectivity index (χ1) is 12.8. The molecule has 0 heterocycles. The maximum absolute atomic E-state index is 12.1. The van der Waals surface area contributed by atoms with Crippen molar-refractivity contribution in [3.63, 3.8) is 0 Å². The van der Waals surface area contributed by atoms with Crippen LogP contribution in [0.4, 0.5) is 13.2 Å². The van der Waals surface area contributed by atoms with Gasteiger partial charge in [0, 0.05) is 6.54 Å². The predicted molar refractivity (Wildman–Crippen MR) is 93.1 cm³/mol. The Morgan fingerprint density at radius 1 is 1.15 bits per heavy atom. The smallest absolute Gasteiger partial charge is 0.465 e. The highest BCUT2D eigenvalue weighted by atomic mass is 19.4. The minimum atomic E-state index is -4.72. The monoisotopic (exact) mass is 381 g/mol. The second-order valence-electron chi connectivity index (χ2n) is 5.44. The van der Waals surface area contributed by atoms with Gasteiger partial charge in [0.1, 0.15) is 5.75 Å². The van der Waals surface area contributed by atoms with Gasteiger partial charge in [-0.25, -0.2) is 9.79 Å².